The quantitative estimate of drug-likeness (QED) is 0.693. The summed E-state index contributed by atoms with van der Waals surface area (Å²) in [5.74, 6) is 0.471. The monoisotopic (exact) mass is 413 g/mol. The number of benzene rings is 2. The highest BCUT2D eigenvalue weighted by Gasteiger charge is 2.22. The lowest BCUT2D eigenvalue weighted by Gasteiger charge is -2.31. The van der Waals surface area contributed by atoms with E-state index >= 15 is 0 Å². The van der Waals surface area contributed by atoms with Crippen molar-refractivity contribution in [1.82, 2.24) is 9.55 Å². The van der Waals surface area contributed by atoms with E-state index in [4.69, 9.17) is 16.0 Å². The molecule has 0 spiro atoms. The van der Waals surface area contributed by atoms with Gasteiger partial charge in [0.1, 0.15) is 0 Å². The van der Waals surface area contributed by atoms with Crippen molar-refractivity contribution in [2.45, 2.75) is 38.8 Å². The number of hydrogen-bond acceptors (Lipinski definition) is 5. The van der Waals surface area contributed by atoms with Gasteiger partial charge < -0.3 is 15.2 Å². The lowest BCUT2D eigenvalue weighted by atomic mass is 10.1. The average molecular weight is 414 g/mol. The minimum atomic E-state index is -0.0903. The molecule has 0 atom stereocenters. The minimum absolute atomic E-state index is 0.0903. The molecule has 6 heteroatoms. The van der Waals surface area contributed by atoms with Gasteiger partial charge in [-0.25, -0.2) is 4.98 Å². The summed E-state index contributed by atoms with van der Waals surface area (Å²) in [6.45, 7) is 4.06. The molecule has 4 rings (SSSR count). The molecule has 0 unspecified atom stereocenters. The molecule has 0 aliphatic carbocycles. The minimum Gasteiger partial charge on any atom is -0.352 e. The van der Waals surface area contributed by atoms with Gasteiger partial charge in [0, 0.05) is 30.9 Å². The molecule has 1 fully saturated rings. The topological polar surface area (TPSA) is 87.9 Å². The molecule has 0 amide bonds. The number of nitrogens with zero attached hydrogens (tertiary/aromatic N) is 4. The van der Waals surface area contributed by atoms with Crippen LogP contribution >= 0.6 is 0 Å². The van der Waals surface area contributed by atoms with E-state index < -0.39 is 0 Å². The number of hydrogen-bond donors (Lipinski definition) is 1. The van der Waals surface area contributed by atoms with Crippen LogP contribution in [0.15, 0.2) is 59.5 Å². The second kappa shape index (κ2) is 9.15. The number of nitrogens with two attached hydrogens (primary N) is 1. The zero-order chi connectivity index (χ0) is 21.8. The van der Waals surface area contributed by atoms with E-state index in [9.17, 15) is 4.79 Å². The molecule has 2 heterocycles. The van der Waals surface area contributed by atoms with Crippen LogP contribution < -0.4 is 16.2 Å². The second-order valence-corrected chi connectivity index (χ2v) is 8.07. The number of anilines is 1. The van der Waals surface area contributed by atoms with E-state index in [2.05, 4.69) is 42.2 Å². The Morgan fingerprint density at radius 1 is 1.06 bits per heavy atom. The molecule has 1 saturated heterocycles. The van der Waals surface area contributed by atoms with Crippen molar-refractivity contribution in [2.75, 3.05) is 18.0 Å². The predicted octanol–water partition coefficient (Wildman–Crippen LogP) is 3.32. The molecule has 1 aliphatic heterocycles. The zero-order valence-corrected chi connectivity index (χ0v) is 17.8. The van der Waals surface area contributed by atoms with Crippen LogP contribution in [0.2, 0.25) is 0 Å². The van der Waals surface area contributed by atoms with Crippen molar-refractivity contribution in [3.8, 4) is 17.3 Å². The highest BCUT2D eigenvalue weighted by Crippen LogP contribution is 2.21. The molecule has 31 heavy (non-hydrogen) atoms. The third-order valence-corrected chi connectivity index (χ3v) is 5.89. The van der Waals surface area contributed by atoms with Gasteiger partial charge in [-0.2, -0.15) is 5.26 Å². The van der Waals surface area contributed by atoms with Crippen LogP contribution in [-0.2, 0) is 13.0 Å². The van der Waals surface area contributed by atoms with Crippen molar-refractivity contribution in [3.63, 3.8) is 0 Å². The fourth-order valence-corrected chi connectivity index (χ4v) is 3.89. The smallest absolute Gasteiger partial charge is 0.293 e. The Hall–Kier alpha value is -3.43. The highest BCUT2D eigenvalue weighted by molar-refractivity contribution is 5.61. The van der Waals surface area contributed by atoms with Crippen LogP contribution in [0.1, 0.15) is 36.5 Å². The first-order chi connectivity index (χ1) is 15.1. The third kappa shape index (κ3) is 4.68. The first-order valence-corrected chi connectivity index (χ1v) is 10.8. The number of nitriles is 1. The van der Waals surface area contributed by atoms with Crippen molar-refractivity contribution < 1.29 is 0 Å². The SMILES string of the molecule is CCc1ccc(Cn2cc(-c3ccc(C#N)cc3)nc(N3CCC(N)CC3)c2=O)cc1. The summed E-state index contributed by atoms with van der Waals surface area (Å²) in [5.41, 5.74) is 10.5. The molecule has 1 aliphatic rings. The summed E-state index contributed by atoms with van der Waals surface area (Å²) < 4.78 is 1.74. The maximum atomic E-state index is 13.3. The summed E-state index contributed by atoms with van der Waals surface area (Å²) in [7, 11) is 0. The van der Waals surface area contributed by atoms with Crippen LogP contribution in [0.4, 0.5) is 5.82 Å². The lowest BCUT2D eigenvalue weighted by Crippen LogP contribution is -2.43. The predicted molar refractivity (Wildman–Crippen MR) is 123 cm³/mol. The Morgan fingerprint density at radius 2 is 1.71 bits per heavy atom. The van der Waals surface area contributed by atoms with Gasteiger partial charge in [0.15, 0.2) is 5.82 Å². The van der Waals surface area contributed by atoms with Crippen LogP contribution in [0, 0.1) is 11.3 Å². The molecule has 0 bridgehead atoms. The van der Waals surface area contributed by atoms with E-state index in [-0.39, 0.29) is 11.6 Å². The molecule has 2 aromatic carbocycles. The summed E-state index contributed by atoms with van der Waals surface area (Å²) >= 11 is 0. The first kappa shape index (κ1) is 20.8. The molecule has 6 nitrogen and oxygen atoms in total. The maximum absolute atomic E-state index is 13.3. The third-order valence-electron chi connectivity index (χ3n) is 5.89. The molecule has 158 valence electrons. The molecule has 0 saturated carbocycles. The first-order valence-electron chi connectivity index (χ1n) is 10.8. The Labute approximate surface area is 182 Å². The van der Waals surface area contributed by atoms with Crippen LogP contribution in [0.25, 0.3) is 11.3 Å². The summed E-state index contributed by atoms with van der Waals surface area (Å²) in [6, 6.07) is 18.0. The van der Waals surface area contributed by atoms with Gasteiger partial charge in [0.25, 0.3) is 5.56 Å². The molecular weight excluding hydrogens is 386 g/mol. The van der Waals surface area contributed by atoms with Gasteiger partial charge in [-0.05, 0) is 42.5 Å². The van der Waals surface area contributed by atoms with E-state index in [0.717, 1.165) is 49.2 Å². The van der Waals surface area contributed by atoms with E-state index in [1.807, 2.05) is 18.3 Å². The number of rotatable bonds is 5. The Bertz CT molecular complexity index is 1130. The summed E-state index contributed by atoms with van der Waals surface area (Å²) in [5, 5.41) is 9.09. The Balaban J connectivity index is 1.75. The fraction of sp³-hybridized carbons (Fsp3) is 0.320. The fourth-order valence-electron chi connectivity index (χ4n) is 3.89. The lowest BCUT2D eigenvalue weighted by molar-refractivity contribution is 0.496. The summed E-state index contributed by atoms with van der Waals surface area (Å²) in [6.07, 6.45) is 4.50. The van der Waals surface area contributed by atoms with Gasteiger partial charge in [-0.1, -0.05) is 43.3 Å². The van der Waals surface area contributed by atoms with Gasteiger partial charge in [-0.3, -0.25) is 4.79 Å². The van der Waals surface area contributed by atoms with Crippen molar-refractivity contribution in [3.05, 3.63) is 81.8 Å². The molecule has 1 aromatic heterocycles. The van der Waals surface area contributed by atoms with E-state index in [1.165, 1.54) is 5.56 Å². The van der Waals surface area contributed by atoms with Gasteiger partial charge in [0.05, 0.1) is 23.9 Å². The Kier molecular flexibility index (Phi) is 6.15. The van der Waals surface area contributed by atoms with Crippen LogP contribution in [0.5, 0.6) is 0 Å². The molecule has 2 N–H and O–H groups in total. The highest BCUT2D eigenvalue weighted by atomic mass is 16.1. The Morgan fingerprint density at radius 3 is 2.32 bits per heavy atom. The van der Waals surface area contributed by atoms with Crippen molar-refractivity contribution in [1.29, 1.82) is 5.26 Å². The van der Waals surface area contributed by atoms with Crippen molar-refractivity contribution in [2.24, 2.45) is 5.73 Å². The molecular formula is C25H27N5O. The number of piperidine rings is 1. The van der Waals surface area contributed by atoms with Gasteiger partial charge in [-0.15, -0.1) is 0 Å². The maximum Gasteiger partial charge on any atom is 0.293 e. The van der Waals surface area contributed by atoms with Crippen molar-refractivity contribution >= 4 is 5.82 Å². The van der Waals surface area contributed by atoms with Crippen LogP contribution in [0.3, 0.4) is 0 Å². The van der Waals surface area contributed by atoms with E-state index in [1.54, 1.807) is 16.7 Å². The standard InChI is InChI=1S/C25H27N5O/c1-2-18-3-5-20(6-4-18)16-30-17-23(21-9-7-19(15-26)8-10-21)28-24(25(30)31)29-13-11-22(27)12-14-29/h3-10,17,22H,2,11-14,16,27H2,1H3. The zero-order valence-electron chi connectivity index (χ0n) is 17.8. The van der Waals surface area contributed by atoms with E-state index in [0.29, 0.717) is 17.9 Å². The second-order valence-electron chi connectivity index (χ2n) is 8.07. The number of aromatic nitrogens is 2. The summed E-state index contributed by atoms with van der Waals surface area (Å²) in [4.78, 5) is 20.1. The largest absolute Gasteiger partial charge is 0.352 e. The normalized spacial score (nSPS) is 14.4. The number of aryl methyl sites for hydroxylation is 1. The molecule has 0 radical (unpaired) electrons. The van der Waals surface area contributed by atoms with Gasteiger partial charge in [0.2, 0.25) is 0 Å². The molecule has 3 aromatic rings. The van der Waals surface area contributed by atoms with Crippen LogP contribution in [-0.4, -0.2) is 28.7 Å². The average Bonchev–Trinajstić information content (AvgIpc) is 2.81. The van der Waals surface area contributed by atoms with Gasteiger partial charge >= 0.3 is 0 Å².